The highest BCUT2D eigenvalue weighted by Gasteiger charge is 2.25. The summed E-state index contributed by atoms with van der Waals surface area (Å²) in [7, 11) is 0. The summed E-state index contributed by atoms with van der Waals surface area (Å²) in [5.41, 5.74) is 1.81. The van der Waals surface area contributed by atoms with Crippen molar-refractivity contribution in [2.45, 2.75) is 6.42 Å². The molecule has 3 aliphatic heterocycles. The number of benzene rings is 1. The van der Waals surface area contributed by atoms with Crippen LogP contribution in [0.5, 0.6) is 11.5 Å². The summed E-state index contributed by atoms with van der Waals surface area (Å²) >= 11 is 1.66. The molecule has 7 heteroatoms. The number of nitrogens with one attached hydrogen (secondary N) is 1. The van der Waals surface area contributed by atoms with Gasteiger partial charge in [-0.15, -0.1) is 0 Å². The highest BCUT2D eigenvalue weighted by atomic mass is 32.2. The van der Waals surface area contributed by atoms with E-state index in [1.54, 1.807) is 30.0 Å². The summed E-state index contributed by atoms with van der Waals surface area (Å²) < 4.78 is 10.5. The van der Waals surface area contributed by atoms with Crippen LogP contribution in [0.3, 0.4) is 0 Å². The molecule has 0 saturated heterocycles. The van der Waals surface area contributed by atoms with E-state index in [2.05, 4.69) is 20.6 Å². The van der Waals surface area contributed by atoms with Gasteiger partial charge in [0.15, 0.2) is 16.7 Å². The monoisotopic (exact) mass is 317 g/mol. The van der Waals surface area contributed by atoms with Gasteiger partial charge in [-0.25, -0.2) is 0 Å². The van der Waals surface area contributed by atoms with Gasteiger partial charge in [-0.2, -0.15) is 0 Å². The SMILES string of the molecule is O=C(NCCC1=CSC2=NCCN12)c1ccc2c(c1)OCO2. The fraction of sp³-hybridized carbons (Fsp3) is 0.333. The number of aliphatic imine (C=N–C) groups is 1. The Labute approximate surface area is 132 Å². The largest absolute Gasteiger partial charge is 0.454 e. The molecule has 0 saturated carbocycles. The molecule has 1 amide bonds. The van der Waals surface area contributed by atoms with Crippen LogP contribution in [0, 0.1) is 0 Å². The van der Waals surface area contributed by atoms with Crippen molar-refractivity contribution >= 4 is 22.8 Å². The Morgan fingerprint density at radius 3 is 3.23 bits per heavy atom. The minimum absolute atomic E-state index is 0.0973. The molecule has 4 rings (SSSR count). The van der Waals surface area contributed by atoms with Crippen molar-refractivity contribution in [1.82, 2.24) is 10.2 Å². The number of thioether (sulfide) groups is 1. The molecule has 22 heavy (non-hydrogen) atoms. The lowest BCUT2D eigenvalue weighted by Gasteiger charge is -2.16. The highest BCUT2D eigenvalue weighted by Crippen LogP contribution is 2.32. The average Bonchev–Trinajstić information content (AvgIpc) is 3.23. The molecule has 0 aromatic heterocycles. The van der Waals surface area contributed by atoms with Gasteiger partial charge in [-0.05, 0) is 23.6 Å². The number of rotatable bonds is 4. The molecule has 6 nitrogen and oxygen atoms in total. The number of amides is 1. The van der Waals surface area contributed by atoms with Crippen LogP contribution in [0.1, 0.15) is 16.8 Å². The van der Waals surface area contributed by atoms with Crippen LogP contribution in [0.2, 0.25) is 0 Å². The Bertz CT molecular complexity index is 687. The predicted octanol–water partition coefficient (Wildman–Crippen LogP) is 1.80. The van der Waals surface area contributed by atoms with Crippen molar-refractivity contribution in [3.8, 4) is 11.5 Å². The van der Waals surface area contributed by atoms with Crippen molar-refractivity contribution in [3.63, 3.8) is 0 Å². The van der Waals surface area contributed by atoms with E-state index in [-0.39, 0.29) is 12.7 Å². The van der Waals surface area contributed by atoms with Crippen LogP contribution in [0.4, 0.5) is 0 Å². The Hall–Kier alpha value is -2.15. The first-order valence-corrected chi connectivity index (χ1v) is 8.05. The molecule has 0 bridgehead atoms. The van der Waals surface area contributed by atoms with Gasteiger partial charge in [-0.1, -0.05) is 11.8 Å². The van der Waals surface area contributed by atoms with Gasteiger partial charge >= 0.3 is 0 Å². The minimum atomic E-state index is -0.0973. The molecule has 114 valence electrons. The first-order valence-electron chi connectivity index (χ1n) is 7.17. The van der Waals surface area contributed by atoms with E-state index in [0.717, 1.165) is 24.7 Å². The van der Waals surface area contributed by atoms with Gasteiger partial charge in [0.1, 0.15) is 0 Å². The summed E-state index contributed by atoms with van der Waals surface area (Å²) in [6.45, 7) is 2.63. The van der Waals surface area contributed by atoms with E-state index in [0.29, 0.717) is 23.6 Å². The molecule has 3 aliphatic rings. The van der Waals surface area contributed by atoms with Crippen LogP contribution in [0.25, 0.3) is 0 Å². The third-order valence-corrected chi connectivity index (χ3v) is 4.70. The number of fused-ring (bicyclic) bond motifs is 2. The maximum atomic E-state index is 12.2. The number of hydrogen-bond donors (Lipinski definition) is 1. The topological polar surface area (TPSA) is 63.2 Å². The Morgan fingerprint density at radius 2 is 2.27 bits per heavy atom. The number of ether oxygens (including phenoxy) is 2. The molecule has 0 aliphatic carbocycles. The van der Waals surface area contributed by atoms with Crippen molar-refractivity contribution in [2.75, 3.05) is 26.4 Å². The van der Waals surface area contributed by atoms with Crippen molar-refractivity contribution in [3.05, 3.63) is 34.9 Å². The Balaban J connectivity index is 1.32. The van der Waals surface area contributed by atoms with Crippen LogP contribution in [-0.4, -0.2) is 42.4 Å². The predicted molar refractivity (Wildman–Crippen MR) is 84.2 cm³/mol. The summed E-state index contributed by atoms with van der Waals surface area (Å²) in [5, 5.41) is 6.14. The fourth-order valence-electron chi connectivity index (χ4n) is 2.62. The zero-order chi connectivity index (χ0) is 14.9. The van der Waals surface area contributed by atoms with Gasteiger partial charge in [0.25, 0.3) is 5.91 Å². The number of amidine groups is 1. The lowest BCUT2D eigenvalue weighted by molar-refractivity contribution is 0.0953. The molecule has 1 aromatic rings. The molecule has 1 N–H and O–H groups in total. The van der Waals surface area contributed by atoms with Crippen LogP contribution >= 0.6 is 11.8 Å². The maximum absolute atomic E-state index is 12.2. The third kappa shape index (κ3) is 2.41. The second kappa shape index (κ2) is 5.57. The first kappa shape index (κ1) is 13.5. The summed E-state index contributed by atoms with van der Waals surface area (Å²) in [6.07, 6.45) is 0.808. The van der Waals surface area contributed by atoms with Crippen LogP contribution in [-0.2, 0) is 0 Å². The van der Waals surface area contributed by atoms with E-state index >= 15 is 0 Å². The zero-order valence-electron chi connectivity index (χ0n) is 11.9. The second-order valence-corrected chi connectivity index (χ2v) is 5.95. The fourth-order valence-corrected chi connectivity index (χ4v) is 3.60. The van der Waals surface area contributed by atoms with Crippen molar-refractivity contribution < 1.29 is 14.3 Å². The van der Waals surface area contributed by atoms with Crippen molar-refractivity contribution in [1.29, 1.82) is 0 Å². The molecular formula is C15H15N3O3S. The van der Waals surface area contributed by atoms with Gasteiger partial charge in [0.2, 0.25) is 6.79 Å². The lowest BCUT2D eigenvalue weighted by Crippen LogP contribution is -2.27. The molecular weight excluding hydrogens is 302 g/mol. The van der Waals surface area contributed by atoms with Gasteiger partial charge < -0.3 is 19.7 Å². The summed E-state index contributed by atoms with van der Waals surface area (Å²) in [4.78, 5) is 18.8. The molecule has 0 unspecified atom stereocenters. The smallest absolute Gasteiger partial charge is 0.251 e. The quantitative estimate of drug-likeness (QED) is 0.917. The van der Waals surface area contributed by atoms with Gasteiger partial charge in [0, 0.05) is 30.8 Å². The van der Waals surface area contributed by atoms with Gasteiger partial charge in [-0.3, -0.25) is 9.79 Å². The Morgan fingerprint density at radius 1 is 1.36 bits per heavy atom. The van der Waals surface area contributed by atoms with Crippen LogP contribution < -0.4 is 14.8 Å². The van der Waals surface area contributed by atoms with E-state index in [1.807, 2.05) is 0 Å². The number of hydrogen-bond acceptors (Lipinski definition) is 6. The second-order valence-electron chi connectivity index (χ2n) is 5.12. The number of carbonyl (C=O) groups is 1. The standard InChI is InChI=1S/C15H15N3O3S/c19-14(10-1-2-12-13(7-10)21-9-20-12)16-4-3-11-8-22-15-17-5-6-18(11)15/h1-2,7-8H,3-6,9H2,(H,16,19). The highest BCUT2D eigenvalue weighted by molar-refractivity contribution is 8.16. The van der Waals surface area contributed by atoms with E-state index in [4.69, 9.17) is 9.47 Å². The lowest BCUT2D eigenvalue weighted by atomic mass is 10.2. The molecule has 0 atom stereocenters. The molecule has 0 fully saturated rings. The van der Waals surface area contributed by atoms with Crippen LogP contribution in [0.15, 0.2) is 34.3 Å². The Kier molecular flexibility index (Phi) is 3.42. The average molecular weight is 317 g/mol. The normalized spacial score (nSPS) is 18.1. The third-order valence-electron chi connectivity index (χ3n) is 3.75. The first-order chi connectivity index (χ1) is 10.8. The summed E-state index contributed by atoms with van der Waals surface area (Å²) in [6, 6.07) is 5.23. The van der Waals surface area contributed by atoms with E-state index in [1.165, 1.54) is 5.70 Å². The zero-order valence-corrected chi connectivity index (χ0v) is 12.7. The number of carbonyl (C=O) groups excluding carboxylic acids is 1. The summed E-state index contributed by atoms with van der Waals surface area (Å²) in [5.74, 6) is 1.21. The molecule has 3 heterocycles. The molecule has 1 aromatic carbocycles. The van der Waals surface area contributed by atoms with Crippen molar-refractivity contribution in [2.24, 2.45) is 4.99 Å². The van der Waals surface area contributed by atoms with Gasteiger partial charge in [0.05, 0.1) is 6.54 Å². The van der Waals surface area contributed by atoms with E-state index < -0.39 is 0 Å². The number of nitrogens with zero attached hydrogens (tertiary/aromatic N) is 2. The molecule has 0 radical (unpaired) electrons. The molecule has 0 spiro atoms. The van der Waals surface area contributed by atoms with E-state index in [9.17, 15) is 4.79 Å². The minimum Gasteiger partial charge on any atom is -0.454 e. The maximum Gasteiger partial charge on any atom is 0.251 e.